The van der Waals surface area contributed by atoms with E-state index < -0.39 is 5.63 Å². The van der Waals surface area contributed by atoms with Crippen molar-refractivity contribution in [2.75, 3.05) is 13.4 Å². The Bertz CT molecular complexity index is 817. The number of fused-ring (bicyclic) bond motifs is 3. The lowest BCUT2D eigenvalue weighted by Crippen LogP contribution is -2.14. The van der Waals surface area contributed by atoms with Gasteiger partial charge in [0.05, 0.1) is 7.11 Å². The van der Waals surface area contributed by atoms with Crippen LogP contribution >= 0.6 is 11.8 Å². The average Bonchev–Trinajstić information content (AvgIpc) is 2.52. The monoisotopic (exact) mass is 299 g/mol. The summed E-state index contributed by atoms with van der Waals surface area (Å²) in [6.45, 7) is 0. The van der Waals surface area contributed by atoms with Gasteiger partial charge in [0.25, 0.3) is 0 Å². The van der Waals surface area contributed by atoms with Gasteiger partial charge in [-0.3, -0.25) is 0 Å². The minimum Gasteiger partial charge on any atom is -0.497 e. The number of nitriles is 1. The van der Waals surface area contributed by atoms with Crippen molar-refractivity contribution in [2.45, 2.75) is 17.7 Å². The molecule has 0 unspecified atom stereocenters. The molecule has 21 heavy (non-hydrogen) atoms. The summed E-state index contributed by atoms with van der Waals surface area (Å²) < 4.78 is 10.7. The van der Waals surface area contributed by atoms with Crippen molar-refractivity contribution < 1.29 is 9.15 Å². The van der Waals surface area contributed by atoms with E-state index in [1.807, 2.05) is 30.5 Å². The first-order valence-corrected chi connectivity index (χ1v) is 7.73. The van der Waals surface area contributed by atoms with Crippen LogP contribution in [0.15, 0.2) is 32.3 Å². The van der Waals surface area contributed by atoms with Crippen LogP contribution in [0.1, 0.15) is 16.7 Å². The van der Waals surface area contributed by atoms with Crippen molar-refractivity contribution in [2.24, 2.45) is 0 Å². The molecule has 0 spiro atoms. The van der Waals surface area contributed by atoms with Crippen LogP contribution in [0.25, 0.3) is 11.3 Å². The highest BCUT2D eigenvalue weighted by Crippen LogP contribution is 2.39. The first-order chi connectivity index (χ1) is 10.2. The van der Waals surface area contributed by atoms with Gasteiger partial charge in [-0.05, 0) is 36.8 Å². The molecule has 0 N–H and O–H groups in total. The molecule has 4 nitrogen and oxygen atoms in total. The maximum absolute atomic E-state index is 12.0. The van der Waals surface area contributed by atoms with Crippen LogP contribution in [-0.2, 0) is 12.8 Å². The standard InChI is InChI=1S/C16H13NO3S/c1-19-10-5-3-9-4-6-11-14(12(9)7-10)20-16(18)13(8-17)15(11)21-2/h3,5,7H,4,6H2,1-2H3. The molecule has 0 atom stereocenters. The summed E-state index contributed by atoms with van der Waals surface area (Å²) >= 11 is 1.42. The minimum atomic E-state index is -0.573. The van der Waals surface area contributed by atoms with E-state index in [0.717, 1.165) is 40.2 Å². The topological polar surface area (TPSA) is 63.2 Å². The van der Waals surface area contributed by atoms with Crippen molar-refractivity contribution in [1.29, 1.82) is 5.26 Å². The highest BCUT2D eigenvalue weighted by Gasteiger charge is 2.25. The molecule has 1 aromatic heterocycles. The molecule has 1 aliphatic rings. The molecule has 5 heteroatoms. The average molecular weight is 299 g/mol. The third-order valence-corrected chi connectivity index (χ3v) is 4.55. The summed E-state index contributed by atoms with van der Waals surface area (Å²) in [7, 11) is 1.60. The highest BCUT2D eigenvalue weighted by molar-refractivity contribution is 7.98. The van der Waals surface area contributed by atoms with E-state index in [-0.39, 0.29) is 5.56 Å². The Morgan fingerprint density at radius 3 is 2.86 bits per heavy atom. The van der Waals surface area contributed by atoms with Crippen molar-refractivity contribution in [1.82, 2.24) is 0 Å². The summed E-state index contributed by atoms with van der Waals surface area (Å²) in [5.74, 6) is 1.29. The van der Waals surface area contributed by atoms with E-state index in [1.165, 1.54) is 11.8 Å². The summed E-state index contributed by atoms with van der Waals surface area (Å²) in [5.41, 5.74) is 2.49. The number of rotatable bonds is 2. The maximum Gasteiger partial charge on any atom is 0.355 e. The van der Waals surface area contributed by atoms with Gasteiger partial charge in [-0.25, -0.2) is 4.79 Å². The molecule has 1 heterocycles. The van der Waals surface area contributed by atoms with Gasteiger partial charge < -0.3 is 9.15 Å². The fourth-order valence-electron chi connectivity index (χ4n) is 2.69. The Morgan fingerprint density at radius 2 is 2.19 bits per heavy atom. The zero-order valence-corrected chi connectivity index (χ0v) is 12.5. The van der Waals surface area contributed by atoms with E-state index in [0.29, 0.717) is 5.76 Å². The summed E-state index contributed by atoms with van der Waals surface area (Å²) in [6, 6.07) is 7.74. The fraction of sp³-hybridized carbons (Fsp3) is 0.250. The molecule has 0 bridgehead atoms. The Labute approximate surface area is 126 Å². The predicted molar refractivity (Wildman–Crippen MR) is 80.9 cm³/mol. The summed E-state index contributed by atoms with van der Waals surface area (Å²) in [4.78, 5) is 12.8. The molecule has 1 aromatic carbocycles. The smallest absolute Gasteiger partial charge is 0.355 e. The second-order valence-electron chi connectivity index (χ2n) is 4.74. The molecule has 0 amide bonds. The lowest BCUT2D eigenvalue weighted by atomic mass is 9.89. The van der Waals surface area contributed by atoms with E-state index in [2.05, 4.69) is 0 Å². The summed E-state index contributed by atoms with van der Waals surface area (Å²) in [6.07, 6.45) is 3.50. The molecule has 0 radical (unpaired) electrons. The van der Waals surface area contributed by atoms with Gasteiger partial charge in [0.15, 0.2) is 5.56 Å². The Morgan fingerprint density at radius 1 is 1.38 bits per heavy atom. The fourth-order valence-corrected chi connectivity index (χ4v) is 3.46. The maximum atomic E-state index is 12.0. The van der Waals surface area contributed by atoms with E-state index >= 15 is 0 Å². The van der Waals surface area contributed by atoms with E-state index in [9.17, 15) is 4.79 Å². The molecule has 0 fully saturated rings. The quantitative estimate of drug-likeness (QED) is 0.798. The lowest BCUT2D eigenvalue weighted by molar-refractivity contribution is 0.414. The van der Waals surface area contributed by atoms with Gasteiger partial charge in [0, 0.05) is 16.0 Å². The van der Waals surface area contributed by atoms with Crippen molar-refractivity contribution in [3.8, 4) is 23.1 Å². The van der Waals surface area contributed by atoms with Crippen LogP contribution in [0.4, 0.5) is 0 Å². The van der Waals surface area contributed by atoms with Gasteiger partial charge in [-0.1, -0.05) is 6.07 Å². The summed E-state index contributed by atoms with van der Waals surface area (Å²) in [5, 5.41) is 9.17. The SMILES string of the molecule is COc1ccc2c(c1)-c1oc(=O)c(C#N)c(SC)c1CC2. The van der Waals surface area contributed by atoms with Crippen LogP contribution in [0.2, 0.25) is 0 Å². The molecule has 0 saturated heterocycles. The largest absolute Gasteiger partial charge is 0.497 e. The van der Waals surface area contributed by atoms with Crippen LogP contribution in [0.5, 0.6) is 5.75 Å². The van der Waals surface area contributed by atoms with Crippen LogP contribution in [-0.4, -0.2) is 13.4 Å². The van der Waals surface area contributed by atoms with Gasteiger partial charge in [-0.2, -0.15) is 5.26 Å². The molecular formula is C16H13NO3S. The number of hydrogen-bond donors (Lipinski definition) is 0. The van der Waals surface area contributed by atoms with Crippen molar-refractivity contribution >= 4 is 11.8 Å². The second-order valence-corrected chi connectivity index (χ2v) is 5.56. The molecule has 0 aliphatic heterocycles. The highest BCUT2D eigenvalue weighted by atomic mass is 32.2. The zero-order valence-electron chi connectivity index (χ0n) is 11.7. The van der Waals surface area contributed by atoms with Gasteiger partial charge in [-0.15, -0.1) is 11.8 Å². The normalized spacial score (nSPS) is 12.2. The van der Waals surface area contributed by atoms with E-state index in [4.69, 9.17) is 14.4 Å². The second kappa shape index (κ2) is 5.30. The zero-order chi connectivity index (χ0) is 15.0. The van der Waals surface area contributed by atoms with Gasteiger partial charge in [0.2, 0.25) is 0 Å². The van der Waals surface area contributed by atoms with E-state index in [1.54, 1.807) is 7.11 Å². The molecule has 2 aromatic rings. The molecule has 106 valence electrons. The molecule has 1 aliphatic carbocycles. The van der Waals surface area contributed by atoms with Crippen molar-refractivity contribution in [3.63, 3.8) is 0 Å². The van der Waals surface area contributed by atoms with Gasteiger partial charge >= 0.3 is 5.63 Å². The Hall–Kier alpha value is -2.19. The Balaban J connectivity index is 2.33. The number of methoxy groups -OCH3 is 1. The van der Waals surface area contributed by atoms with Gasteiger partial charge in [0.1, 0.15) is 17.6 Å². The molecule has 0 saturated carbocycles. The minimum absolute atomic E-state index is 0.104. The number of thioether (sulfide) groups is 1. The number of hydrogen-bond acceptors (Lipinski definition) is 5. The first kappa shape index (κ1) is 13.8. The predicted octanol–water partition coefficient (Wildman–Crippen LogP) is 3.01. The first-order valence-electron chi connectivity index (χ1n) is 6.51. The third-order valence-electron chi connectivity index (χ3n) is 3.70. The van der Waals surface area contributed by atoms with Crippen LogP contribution in [0, 0.1) is 11.3 Å². The lowest BCUT2D eigenvalue weighted by Gasteiger charge is -2.21. The molecule has 3 rings (SSSR count). The number of benzene rings is 1. The van der Waals surface area contributed by atoms with Crippen LogP contribution in [0.3, 0.4) is 0 Å². The van der Waals surface area contributed by atoms with Crippen molar-refractivity contribution in [3.05, 3.63) is 45.3 Å². The number of aryl methyl sites for hydroxylation is 1. The third kappa shape index (κ3) is 2.12. The molecular weight excluding hydrogens is 286 g/mol. The Kier molecular flexibility index (Phi) is 3.48. The number of nitrogens with zero attached hydrogens (tertiary/aromatic N) is 1. The number of ether oxygens (including phenoxy) is 1. The van der Waals surface area contributed by atoms with Crippen LogP contribution < -0.4 is 10.4 Å².